The van der Waals surface area contributed by atoms with Gasteiger partial charge in [-0.25, -0.2) is 0 Å². The van der Waals surface area contributed by atoms with Crippen LogP contribution in [0.2, 0.25) is 0 Å². The van der Waals surface area contributed by atoms with Gasteiger partial charge in [0.05, 0.1) is 6.54 Å². The normalized spacial score (nSPS) is 26.1. The van der Waals surface area contributed by atoms with Crippen LogP contribution in [0.5, 0.6) is 0 Å². The second kappa shape index (κ2) is 3.32. The van der Waals surface area contributed by atoms with Crippen molar-refractivity contribution < 1.29 is 10.4 Å². The largest absolute Gasteiger partial charge is 0.384 e. The summed E-state index contributed by atoms with van der Waals surface area (Å²) in [6.45, 7) is 6.97. The molecule has 0 amide bonds. The second-order valence-electron chi connectivity index (χ2n) is 5.16. The first-order valence-electron chi connectivity index (χ1n) is 5.60. The molecule has 1 aromatic carbocycles. The molecule has 0 radical (unpaired) electrons. The quantitative estimate of drug-likeness (QED) is 0.700. The van der Waals surface area contributed by atoms with Crippen molar-refractivity contribution in [2.24, 2.45) is 0 Å². The number of nitrogens with two attached hydrogens (primary N) is 1. The lowest BCUT2D eigenvalue weighted by Gasteiger charge is -2.42. The van der Waals surface area contributed by atoms with E-state index in [0.717, 1.165) is 13.0 Å². The first-order chi connectivity index (χ1) is 6.95. The third kappa shape index (κ3) is 1.58. The molecule has 0 unspecified atom stereocenters. The van der Waals surface area contributed by atoms with Crippen molar-refractivity contribution in [3.05, 3.63) is 35.4 Å². The summed E-state index contributed by atoms with van der Waals surface area (Å²) in [5.41, 5.74) is 1.74. The second-order valence-corrected chi connectivity index (χ2v) is 5.16. The summed E-state index contributed by atoms with van der Waals surface area (Å²) in [5, 5.41) is 12.6. The zero-order valence-corrected chi connectivity index (χ0v) is 9.75. The molecule has 2 nitrogen and oxygen atoms in total. The average molecular weight is 206 g/mol. The molecule has 1 aromatic rings. The topological polar surface area (TPSA) is 36.8 Å². The van der Waals surface area contributed by atoms with E-state index >= 15 is 0 Å². The minimum atomic E-state index is -0.705. The standard InChI is InChI=1S/C13H19NO/c1-12(2,15)13(3)11-7-5-4-6-10(11)8-9-14-13/h4-7,14-15H,8-9H2,1-3H3/p+1/t13-/m1/s1. The summed E-state index contributed by atoms with van der Waals surface area (Å²) in [6.07, 6.45) is 1.10. The highest BCUT2D eigenvalue weighted by Crippen LogP contribution is 2.32. The number of hydrogen-bond donors (Lipinski definition) is 2. The zero-order chi connectivity index (χ0) is 11.1. The van der Waals surface area contributed by atoms with E-state index in [1.807, 2.05) is 13.8 Å². The van der Waals surface area contributed by atoms with Crippen LogP contribution in [-0.4, -0.2) is 17.3 Å². The Balaban J connectivity index is 2.55. The lowest BCUT2D eigenvalue weighted by atomic mass is 9.74. The number of fused-ring (bicyclic) bond motifs is 1. The Morgan fingerprint density at radius 3 is 2.67 bits per heavy atom. The number of hydrogen-bond acceptors (Lipinski definition) is 1. The van der Waals surface area contributed by atoms with Gasteiger partial charge in [0.25, 0.3) is 0 Å². The molecule has 2 rings (SSSR count). The maximum absolute atomic E-state index is 10.3. The van der Waals surface area contributed by atoms with Crippen LogP contribution in [0.3, 0.4) is 0 Å². The lowest BCUT2D eigenvalue weighted by molar-refractivity contribution is -0.751. The summed E-state index contributed by atoms with van der Waals surface area (Å²) in [5.74, 6) is 0. The van der Waals surface area contributed by atoms with Gasteiger partial charge in [-0.05, 0) is 26.3 Å². The van der Waals surface area contributed by atoms with Crippen LogP contribution in [-0.2, 0) is 12.0 Å². The number of benzene rings is 1. The molecule has 3 N–H and O–H groups in total. The van der Waals surface area contributed by atoms with Gasteiger partial charge in [0.2, 0.25) is 0 Å². The molecule has 1 atom stereocenters. The van der Waals surface area contributed by atoms with Crippen LogP contribution in [0.4, 0.5) is 0 Å². The van der Waals surface area contributed by atoms with Gasteiger partial charge < -0.3 is 10.4 Å². The van der Waals surface area contributed by atoms with Crippen molar-refractivity contribution in [2.45, 2.75) is 38.3 Å². The van der Waals surface area contributed by atoms with E-state index in [-0.39, 0.29) is 5.54 Å². The smallest absolute Gasteiger partial charge is 0.147 e. The Morgan fingerprint density at radius 2 is 2.00 bits per heavy atom. The van der Waals surface area contributed by atoms with Gasteiger partial charge in [-0.1, -0.05) is 24.3 Å². The van der Waals surface area contributed by atoms with E-state index in [2.05, 4.69) is 36.5 Å². The monoisotopic (exact) mass is 206 g/mol. The van der Waals surface area contributed by atoms with Crippen LogP contribution in [0.1, 0.15) is 31.9 Å². The summed E-state index contributed by atoms with van der Waals surface area (Å²) in [6, 6.07) is 8.45. The van der Waals surface area contributed by atoms with E-state index in [9.17, 15) is 5.11 Å². The number of quaternary nitrogens is 1. The number of rotatable bonds is 1. The van der Waals surface area contributed by atoms with Crippen LogP contribution in [0, 0.1) is 0 Å². The maximum Gasteiger partial charge on any atom is 0.147 e. The molecule has 15 heavy (non-hydrogen) atoms. The SMILES string of the molecule is CC(C)(O)[C@]1(C)[NH2+]CCc2ccccc21. The lowest BCUT2D eigenvalue weighted by Crippen LogP contribution is -3.00. The molecule has 0 spiro atoms. The Labute approximate surface area is 91.3 Å². The summed E-state index contributed by atoms with van der Waals surface area (Å²) in [4.78, 5) is 0. The third-order valence-corrected chi connectivity index (χ3v) is 3.81. The van der Waals surface area contributed by atoms with Crippen LogP contribution >= 0.6 is 0 Å². The Hall–Kier alpha value is -0.860. The van der Waals surface area contributed by atoms with Gasteiger partial charge in [-0.3, -0.25) is 0 Å². The molecule has 0 aromatic heterocycles. The molecule has 2 heteroatoms. The first kappa shape index (κ1) is 10.7. The first-order valence-corrected chi connectivity index (χ1v) is 5.60. The molecule has 0 bridgehead atoms. The van der Waals surface area contributed by atoms with Gasteiger partial charge in [-0.15, -0.1) is 0 Å². The van der Waals surface area contributed by atoms with Crippen LogP contribution < -0.4 is 5.32 Å². The van der Waals surface area contributed by atoms with Crippen molar-refractivity contribution in [2.75, 3.05) is 6.54 Å². The molecule has 1 aliphatic heterocycles. The molecule has 0 aliphatic carbocycles. The fourth-order valence-electron chi connectivity index (χ4n) is 2.45. The molecule has 1 heterocycles. The summed E-state index contributed by atoms with van der Waals surface area (Å²) in [7, 11) is 0. The molecule has 1 aliphatic rings. The minimum Gasteiger partial charge on any atom is -0.384 e. The predicted molar refractivity (Wildman–Crippen MR) is 60.6 cm³/mol. The molecule has 0 saturated carbocycles. The molecular weight excluding hydrogens is 186 g/mol. The fourth-order valence-corrected chi connectivity index (χ4v) is 2.45. The highest BCUT2D eigenvalue weighted by Gasteiger charge is 2.47. The Kier molecular flexibility index (Phi) is 2.36. The van der Waals surface area contributed by atoms with Gasteiger partial charge in [0.1, 0.15) is 11.1 Å². The van der Waals surface area contributed by atoms with Crippen LogP contribution in [0.15, 0.2) is 24.3 Å². The highest BCUT2D eigenvalue weighted by molar-refractivity contribution is 5.35. The minimum absolute atomic E-state index is 0.220. The zero-order valence-electron chi connectivity index (χ0n) is 9.75. The average Bonchev–Trinajstić information content (AvgIpc) is 2.17. The van der Waals surface area contributed by atoms with E-state index in [1.165, 1.54) is 11.1 Å². The summed E-state index contributed by atoms with van der Waals surface area (Å²) < 4.78 is 0. The van der Waals surface area contributed by atoms with Gasteiger partial charge in [0, 0.05) is 12.0 Å². The van der Waals surface area contributed by atoms with Crippen molar-refractivity contribution >= 4 is 0 Å². The fraction of sp³-hybridized carbons (Fsp3) is 0.538. The number of aliphatic hydroxyl groups is 1. The van der Waals surface area contributed by atoms with Crippen molar-refractivity contribution in [1.29, 1.82) is 0 Å². The Morgan fingerprint density at radius 1 is 1.33 bits per heavy atom. The van der Waals surface area contributed by atoms with Gasteiger partial charge in [0.15, 0.2) is 0 Å². The summed E-state index contributed by atoms with van der Waals surface area (Å²) >= 11 is 0. The molecule has 0 saturated heterocycles. The van der Waals surface area contributed by atoms with E-state index in [1.54, 1.807) is 0 Å². The Bertz CT molecular complexity index is 367. The van der Waals surface area contributed by atoms with Gasteiger partial charge in [-0.2, -0.15) is 0 Å². The molecule has 82 valence electrons. The van der Waals surface area contributed by atoms with E-state index in [0.29, 0.717) is 0 Å². The molecular formula is C13H20NO+. The maximum atomic E-state index is 10.3. The van der Waals surface area contributed by atoms with Crippen molar-refractivity contribution in [3.63, 3.8) is 0 Å². The predicted octanol–water partition coefficient (Wildman–Crippen LogP) is 0.792. The van der Waals surface area contributed by atoms with Gasteiger partial charge >= 0.3 is 0 Å². The third-order valence-electron chi connectivity index (χ3n) is 3.81. The van der Waals surface area contributed by atoms with E-state index < -0.39 is 5.60 Å². The molecule has 0 fully saturated rings. The van der Waals surface area contributed by atoms with Crippen molar-refractivity contribution in [3.8, 4) is 0 Å². The van der Waals surface area contributed by atoms with Crippen molar-refractivity contribution in [1.82, 2.24) is 0 Å². The van der Waals surface area contributed by atoms with Crippen LogP contribution in [0.25, 0.3) is 0 Å². The highest BCUT2D eigenvalue weighted by atomic mass is 16.3. The van der Waals surface area contributed by atoms with E-state index in [4.69, 9.17) is 0 Å².